The van der Waals surface area contributed by atoms with Gasteiger partial charge in [0.25, 0.3) is 5.69 Å². The highest BCUT2D eigenvalue weighted by atomic mass is 32.2. The van der Waals surface area contributed by atoms with E-state index in [0.29, 0.717) is 17.4 Å². The summed E-state index contributed by atoms with van der Waals surface area (Å²) in [5, 5.41) is 10.6. The monoisotopic (exact) mass is 338 g/mol. The van der Waals surface area contributed by atoms with E-state index in [1.807, 2.05) is 6.92 Å². The molecule has 23 heavy (non-hydrogen) atoms. The summed E-state index contributed by atoms with van der Waals surface area (Å²) in [4.78, 5) is 10.1. The molecule has 1 aromatic carbocycles. The van der Waals surface area contributed by atoms with Crippen LogP contribution in [-0.2, 0) is 15.8 Å². The van der Waals surface area contributed by atoms with E-state index in [9.17, 15) is 18.5 Å². The van der Waals surface area contributed by atoms with Crippen molar-refractivity contribution in [2.45, 2.75) is 44.4 Å². The summed E-state index contributed by atoms with van der Waals surface area (Å²) in [7, 11) is -3.44. The summed E-state index contributed by atoms with van der Waals surface area (Å²) in [5.41, 5.74) is 0.526. The van der Waals surface area contributed by atoms with Crippen LogP contribution in [-0.4, -0.2) is 19.4 Å². The van der Waals surface area contributed by atoms with Gasteiger partial charge in [-0.25, -0.2) is 13.1 Å². The van der Waals surface area contributed by atoms with Gasteiger partial charge < -0.3 is 0 Å². The minimum absolute atomic E-state index is 0.0329. The van der Waals surface area contributed by atoms with Crippen LogP contribution in [0, 0.1) is 27.9 Å². The van der Waals surface area contributed by atoms with E-state index < -0.39 is 14.9 Å². The van der Waals surface area contributed by atoms with Gasteiger partial charge in [0, 0.05) is 18.2 Å². The Morgan fingerprint density at radius 2 is 1.96 bits per heavy atom. The zero-order valence-electron chi connectivity index (χ0n) is 13.1. The molecule has 2 fully saturated rings. The molecule has 3 rings (SSSR count). The number of benzene rings is 1. The molecule has 0 saturated heterocycles. The van der Waals surface area contributed by atoms with Gasteiger partial charge in [-0.3, -0.25) is 10.1 Å². The Morgan fingerprint density at radius 3 is 2.48 bits per heavy atom. The first-order valence-electron chi connectivity index (χ1n) is 8.07. The lowest BCUT2D eigenvalue weighted by Gasteiger charge is -2.28. The van der Waals surface area contributed by atoms with Gasteiger partial charge in [-0.05, 0) is 49.5 Å². The second kappa shape index (κ2) is 6.20. The predicted molar refractivity (Wildman–Crippen MR) is 87.3 cm³/mol. The largest absolute Gasteiger partial charge is 0.269 e. The topological polar surface area (TPSA) is 89.3 Å². The van der Waals surface area contributed by atoms with E-state index in [1.165, 1.54) is 43.5 Å². The third kappa shape index (κ3) is 3.72. The fraction of sp³-hybridized carbons (Fsp3) is 0.625. The first kappa shape index (κ1) is 16.4. The van der Waals surface area contributed by atoms with Gasteiger partial charge in [0.2, 0.25) is 10.0 Å². The van der Waals surface area contributed by atoms with Gasteiger partial charge in [-0.1, -0.05) is 18.6 Å². The lowest BCUT2D eigenvalue weighted by Crippen LogP contribution is -2.40. The molecule has 2 aliphatic rings. The maximum Gasteiger partial charge on any atom is 0.269 e. The fourth-order valence-electron chi connectivity index (χ4n) is 4.25. The Balaban J connectivity index is 1.61. The fourth-order valence-corrected chi connectivity index (χ4v) is 5.71. The Hall–Kier alpha value is -1.47. The van der Waals surface area contributed by atoms with Crippen molar-refractivity contribution in [1.29, 1.82) is 0 Å². The van der Waals surface area contributed by atoms with Crippen LogP contribution in [0.4, 0.5) is 5.69 Å². The normalized spacial score (nSPS) is 28.0. The molecule has 6 nitrogen and oxygen atoms in total. The second-order valence-corrected chi connectivity index (χ2v) is 8.68. The van der Waals surface area contributed by atoms with Crippen LogP contribution in [0.2, 0.25) is 0 Å². The number of nitro benzene ring substituents is 1. The molecule has 2 aliphatic carbocycles. The Kier molecular flexibility index (Phi) is 4.42. The molecule has 0 heterocycles. The van der Waals surface area contributed by atoms with Crippen molar-refractivity contribution in [3.8, 4) is 0 Å². The van der Waals surface area contributed by atoms with E-state index in [0.717, 1.165) is 12.3 Å². The predicted octanol–water partition coefficient (Wildman–Crippen LogP) is 2.84. The van der Waals surface area contributed by atoms with Gasteiger partial charge in [0.15, 0.2) is 0 Å². The van der Waals surface area contributed by atoms with E-state index in [1.54, 1.807) is 0 Å². The van der Waals surface area contributed by atoms with Gasteiger partial charge in [-0.2, -0.15) is 0 Å². The minimum atomic E-state index is -3.44. The molecular weight excluding hydrogens is 316 g/mol. The zero-order chi connectivity index (χ0) is 16.6. The first-order chi connectivity index (χ1) is 10.8. The van der Waals surface area contributed by atoms with Crippen LogP contribution in [0.15, 0.2) is 24.3 Å². The molecule has 0 aromatic heterocycles. The first-order valence-corrected chi connectivity index (χ1v) is 9.72. The van der Waals surface area contributed by atoms with Crippen molar-refractivity contribution >= 4 is 15.7 Å². The van der Waals surface area contributed by atoms with Crippen LogP contribution < -0.4 is 4.72 Å². The summed E-state index contributed by atoms with van der Waals surface area (Å²) in [6.07, 6.45) is 4.90. The Morgan fingerprint density at radius 1 is 1.26 bits per heavy atom. The zero-order valence-corrected chi connectivity index (χ0v) is 14.0. The molecule has 1 aromatic rings. The average molecular weight is 338 g/mol. The maximum absolute atomic E-state index is 12.3. The highest BCUT2D eigenvalue weighted by Gasteiger charge is 2.42. The van der Waals surface area contributed by atoms with E-state index in [-0.39, 0.29) is 17.5 Å². The minimum Gasteiger partial charge on any atom is -0.258 e. The number of sulfonamides is 1. The molecule has 2 bridgehead atoms. The number of rotatable bonds is 6. The average Bonchev–Trinajstić information content (AvgIpc) is 3.09. The van der Waals surface area contributed by atoms with Crippen LogP contribution in [0.25, 0.3) is 0 Å². The van der Waals surface area contributed by atoms with Crippen molar-refractivity contribution in [2.75, 3.05) is 0 Å². The lowest BCUT2D eigenvalue weighted by molar-refractivity contribution is -0.384. The quantitative estimate of drug-likeness (QED) is 0.638. The van der Waals surface area contributed by atoms with Crippen LogP contribution in [0.3, 0.4) is 0 Å². The molecule has 0 aliphatic heterocycles. The molecule has 0 amide bonds. The number of non-ortho nitro benzene ring substituents is 1. The Bertz CT molecular complexity index is 687. The maximum atomic E-state index is 12.3. The number of fused-ring (bicyclic) bond motifs is 2. The summed E-state index contributed by atoms with van der Waals surface area (Å²) < 4.78 is 27.5. The summed E-state index contributed by atoms with van der Waals surface area (Å²) in [6.45, 7) is 1.96. The summed E-state index contributed by atoms with van der Waals surface area (Å²) in [5.74, 6) is 1.75. The Labute approximate surface area is 136 Å². The molecule has 7 heteroatoms. The molecule has 4 atom stereocenters. The van der Waals surface area contributed by atoms with Gasteiger partial charge in [-0.15, -0.1) is 0 Å². The second-order valence-electron chi connectivity index (χ2n) is 6.93. The number of nitro groups is 1. The standard InChI is InChI=1S/C16H22N2O4S/c1-11(16-9-13-2-5-14(16)8-13)17-23(21,22)10-12-3-6-15(7-4-12)18(19)20/h3-4,6-7,11,13-14,16-17H,2,5,8-10H2,1H3. The molecule has 2 saturated carbocycles. The molecule has 0 radical (unpaired) electrons. The van der Waals surface area contributed by atoms with Crippen LogP contribution >= 0.6 is 0 Å². The van der Waals surface area contributed by atoms with Gasteiger partial charge in [0.1, 0.15) is 0 Å². The molecular formula is C16H22N2O4S. The smallest absolute Gasteiger partial charge is 0.258 e. The van der Waals surface area contributed by atoms with Crippen molar-refractivity contribution in [3.05, 3.63) is 39.9 Å². The number of nitrogens with one attached hydrogen (secondary N) is 1. The molecule has 0 spiro atoms. The van der Waals surface area contributed by atoms with E-state index >= 15 is 0 Å². The van der Waals surface area contributed by atoms with Crippen LogP contribution in [0.1, 0.15) is 38.2 Å². The molecule has 126 valence electrons. The van der Waals surface area contributed by atoms with E-state index in [2.05, 4.69) is 4.72 Å². The molecule has 1 N–H and O–H groups in total. The SMILES string of the molecule is CC(NS(=O)(=O)Cc1ccc([N+](=O)[O-])cc1)C1CC2CCC1C2. The van der Waals surface area contributed by atoms with Crippen molar-refractivity contribution < 1.29 is 13.3 Å². The van der Waals surface area contributed by atoms with Crippen LogP contribution in [0.5, 0.6) is 0 Å². The number of hydrogen-bond donors (Lipinski definition) is 1. The summed E-state index contributed by atoms with van der Waals surface area (Å²) >= 11 is 0. The highest BCUT2D eigenvalue weighted by Crippen LogP contribution is 2.49. The van der Waals surface area contributed by atoms with Gasteiger partial charge >= 0.3 is 0 Å². The highest BCUT2D eigenvalue weighted by molar-refractivity contribution is 7.88. The third-order valence-corrected chi connectivity index (χ3v) is 6.75. The van der Waals surface area contributed by atoms with Crippen molar-refractivity contribution in [2.24, 2.45) is 17.8 Å². The lowest BCUT2D eigenvalue weighted by atomic mass is 9.84. The van der Waals surface area contributed by atoms with Gasteiger partial charge in [0.05, 0.1) is 10.7 Å². The number of hydrogen-bond acceptors (Lipinski definition) is 4. The summed E-state index contributed by atoms with van der Waals surface area (Å²) in [6, 6.07) is 5.63. The van der Waals surface area contributed by atoms with Crippen molar-refractivity contribution in [3.63, 3.8) is 0 Å². The number of nitrogens with zero attached hydrogens (tertiary/aromatic N) is 1. The molecule has 4 unspecified atom stereocenters. The third-order valence-electron chi connectivity index (χ3n) is 5.30. The van der Waals surface area contributed by atoms with E-state index in [4.69, 9.17) is 0 Å². The van der Waals surface area contributed by atoms with Crippen molar-refractivity contribution in [1.82, 2.24) is 4.72 Å².